The van der Waals surface area contributed by atoms with Crippen LogP contribution in [0.25, 0.3) is 0 Å². The molecule has 1 heterocycles. The summed E-state index contributed by atoms with van der Waals surface area (Å²) < 4.78 is 26.9. The third-order valence-electron chi connectivity index (χ3n) is 3.56. The third-order valence-corrected chi connectivity index (χ3v) is 6.47. The number of aliphatic hydroxyl groups excluding tert-OH is 1. The van der Waals surface area contributed by atoms with E-state index in [0.717, 1.165) is 12.8 Å². The van der Waals surface area contributed by atoms with Gasteiger partial charge in [0.25, 0.3) is 10.0 Å². The molecule has 0 atom stereocenters. The number of aliphatic hydroxyl groups is 1. The van der Waals surface area contributed by atoms with Gasteiger partial charge in [-0.3, -0.25) is 0 Å². The molecule has 1 aromatic heterocycles. The number of nitrogens with one attached hydrogen (secondary N) is 1. The fourth-order valence-electron chi connectivity index (χ4n) is 1.82. The van der Waals surface area contributed by atoms with Gasteiger partial charge in [-0.05, 0) is 30.7 Å². The van der Waals surface area contributed by atoms with Crippen LogP contribution in [0.1, 0.15) is 32.3 Å². The Morgan fingerprint density at radius 3 is 2.40 bits per heavy atom. The molecule has 0 aliphatic rings. The maximum atomic E-state index is 12.2. The first-order valence-electron chi connectivity index (χ1n) is 6.53. The van der Waals surface area contributed by atoms with Crippen molar-refractivity contribution >= 4 is 21.8 Å². The van der Waals surface area contributed by atoms with E-state index >= 15 is 0 Å². The minimum absolute atomic E-state index is 0.0168. The summed E-state index contributed by atoms with van der Waals surface area (Å²) in [6.07, 6.45) is 5.15. The molecule has 0 aromatic carbocycles. The van der Waals surface area contributed by atoms with E-state index in [1.807, 2.05) is 6.26 Å². The first-order chi connectivity index (χ1) is 9.43. The quantitative estimate of drug-likeness (QED) is 0.764. The number of nitrogens with zero attached hydrogens (tertiary/aromatic N) is 1. The van der Waals surface area contributed by atoms with E-state index in [2.05, 4.69) is 23.6 Å². The van der Waals surface area contributed by atoms with Gasteiger partial charge in [0.1, 0.15) is 0 Å². The van der Waals surface area contributed by atoms with Crippen LogP contribution in [0.15, 0.2) is 23.4 Å². The zero-order valence-electron chi connectivity index (χ0n) is 12.1. The van der Waals surface area contributed by atoms with Crippen LogP contribution in [0, 0.1) is 0 Å². The summed E-state index contributed by atoms with van der Waals surface area (Å²) in [4.78, 5) is 3.88. The van der Waals surface area contributed by atoms with Crippen LogP contribution >= 0.6 is 11.8 Å². The molecule has 0 saturated carbocycles. The van der Waals surface area contributed by atoms with Crippen molar-refractivity contribution in [3.05, 3.63) is 23.9 Å². The number of aromatic nitrogens is 1. The van der Waals surface area contributed by atoms with Crippen molar-refractivity contribution in [2.45, 2.75) is 43.1 Å². The Balaban J connectivity index is 2.84. The molecule has 0 fully saturated rings. The number of pyridine rings is 1. The predicted molar refractivity (Wildman–Crippen MR) is 82.2 cm³/mol. The van der Waals surface area contributed by atoms with Crippen molar-refractivity contribution in [1.29, 1.82) is 0 Å². The van der Waals surface area contributed by atoms with Gasteiger partial charge >= 0.3 is 0 Å². The fourth-order valence-corrected chi connectivity index (χ4v) is 3.76. The van der Waals surface area contributed by atoms with Crippen LogP contribution in [0.5, 0.6) is 0 Å². The van der Waals surface area contributed by atoms with Gasteiger partial charge in [0.15, 0.2) is 5.03 Å². The molecule has 0 radical (unpaired) electrons. The van der Waals surface area contributed by atoms with Gasteiger partial charge in [-0.25, -0.2) is 18.1 Å². The third kappa shape index (κ3) is 4.18. The molecule has 0 unspecified atom stereocenters. The van der Waals surface area contributed by atoms with Crippen LogP contribution in [-0.4, -0.2) is 36.1 Å². The highest BCUT2D eigenvalue weighted by atomic mass is 32.2. The minimum atomic E-state index is -3.60. The molecule has 0 bridgehead atoms. The molecule has 2 N–H and O–H groups in total. The van der Waals surface area contributed by atoms with Crippen LogP contribution in [-0.2, 0) is 16.6 Å². The predicted octanol–water partition coefficient (Wildman–Crippen LogP) is 1.77. The zero-order valence-corrected chi connectivity index (χ0v) is 13.7. The zero-order chi connectivity index (χ0) is 15.2. The molecular weight excluding hydrogens is 296 g/mol. The van der Waals surface area contributed by atoms with Gasteiger partial charge in [-0.2, -0.15) is 11.8 Å². The molecule has 0 aliphatic carbocycles. The number of thioether (sulfide) groups is 1. The summed E-state index contributed by atoms with van der Waals surface area (Å²) in [6, 6.07) is 2.97. The lowest BCUT2D eigenvalue weighted by atomic mass is 10.0. The Labute approximate surface area is 125 Å². The van der Waals surface area contributed by atoms with E-state index in [1.165, 1.54) is 12.3 Å². The monoisotopic (exact) mass is 318 g/mol. The van der Waals surface area contributed by atoms with Crippen molar-refractivity contribution in [2.75, 3.05) is 12.8 Å². The largest absolute Gasteiger partial charge is 0.392 e. The first-order valence-corrected chi connectivity index (χ1v) is 9.24. The van der Waals surface area contributed by atoms with Gasteiger partial charge in [0.05, 0.1) is 6.61 Å². The second-order valence-electron chi connectivity index (χ2n) is 4.58. The summed E-state index contributed by atoms with van der Waals surface area (Å²) >= 11 is 1.68. The highest BCUT2D eigenvalue weighted by Crippen LogP contribution is 2.29. The van der Waals surface area contributed by atoms with Gasteiger partial charge in [-0.1, -0.05) is 19.9 Å². The SMILES string of the molecule is CCC(CC)(CNS(=O)(=O)c1ccc(CO)cn1)SC. The van der Waals surface area contributed by atoms with Crippen LogP contribution < -0.4 is 4.72 Å². The molecule has 0 spiro atoms. The molecule has 0 amide bonds. The lowest BCUT2D eigenvalue weighted by Gasteiger charge is -2.29. The molecule has 5 nitrogen and oxygen atoms in total. The Morgan fingerprint density at radius 2 is 2.00 bits per heavy atom. The Bertz CT molecular complexity index is 503. The van der Waals surface area contributed by atoms with Crippen molar-refractivity contribution in [3.63, 3.8) is 0 Å². The van der Waals surface area contributed by atoms with Gasteiger partial charge < -0.3 is 5.11 Å². The molecule has 0 saturated heterocycles. The van der Waals surface area contributed by atoms with Gasteiger partial charge in [0, 0.05) is 17.5 Å². The Hall–Kier alpha value is -0.630. The highest BCUT2D eigenvalue weighted by molar-refractivity contribution is 8.00. The Morgan fingerprint density at radius 1 is 1.35 bits per heavy atom. The lowest BCUT2D eigenvalue weighted by molar-refractivity contribution is 0.281. The lowest BCUT2D eigenvalue weighted by Crippen LogP contribution is -2.39. The molecule has 114 valence electrons. The smallest absolute Gasteiger partial charge is 0.258 e. The molecule has 7 heteroatoms. The van der Waals surface area contributed by atoms with Crippen LogP contribution in [0.3, 0.4) is 0 Å². The highest BCUT2D eigenvalue weighted by Gasteiger charge is 2.27. The Kier molecular flexibility index (Phi) is 6.44. The molecule has 0 aliphatic heterocycles. The fraction of sp³-hybridized carbons (Fsp3) is 0.615. The number of hydrogen-bond acceptors (Lipinski definition) is 5. The maximum absolute atomic E-state index is 12.2. The standard InChI is InChI=1S/C13H22N2O3S2/c1-4-13(5-2,19-3)10-15-20(17,18)12-7-6-11(9-16)8-14-12/h6-8,15-16H,4-5,9-10H2,1-3H3. The van der Waals surface area contributed by atoms with Crippen molar-refractivity contribution < 1.29 is 13.5 Å². The summed E-state index contributed by atoms with van der Waals surface area (Å²) in [5.74, 6) is 0. The minimum Gasteiger partial charge on any atom is -0.392 e. The van der Waals surface area contributed by atoms with E-state index in [9.17, 15) is 8.42 Å². The first kappa shape index (κ1) is 17.4. The van der Waals surface area contributed by atoms with Crippen molar-refractivity contribution in [1.82, 2.24) is 9.71 Å². The summed E-state index contributed by atoms with van der Waals surface area (Å²) in [5.41, 5.74) is 0.588. The van der Waals surface area contributed by atoms with Crippen LogP contribution in [0.4, 0.5) is 0 Å². The number of rotatable bonds is 8. The van der Waals surface area contributed by atoms with E-state index < -0.39 is 10.0 Å². The van der Waals surface area contributed by atoms with E-state index in [0.29, 0.717) is 12.1 Å². The van der Waals surface area contributed by atoms with Crippen molar-refractivity contribution in [3.8, 4) is 0 Å². The number of hydrogen-bond donors (Lipinski definition) is 2. The second kappa shape index (κ2) is 7.40. The van der Waals surface area contributed by atoms with Gasteiger partial charge in [-0.15, -0.1) is 0 Å². The van der Waals surface area contributed by atoms with Gasteiger partial charge in [0.2, 0.25) is 0 Å². The summed E-state index contributed by atoms with van der Waals surface area (Å²) in [6.45, 7) is 4.35. The summed E-state index contributed by atoms with van der Waals surface area (Å²) in [7, 11) is -3.60. The van der Waals surface area contributed by atoms with Crippen LogP contribution in [0.2, 0.25) is 0 Å². The number of sulfonamides is 1. The normalized spacial score (nSPS) is 12.6. The van der Waals surface area contributed by atoms with E-state index in [-0.39, 0.29) is 16.4 Å². The molecule has 20 heavy (non-hydrogen) atoms. The molecule has 1 rings (SSSR count). The summed E-state index contributed by atoms with van der Waals surface area (Å²) in [5, 5.41) is 8.91. The van der Waals surface area contributed by atoms with E-state index in [4.69, 9.17) is 5.11 Å². The second-order valence-corrected chi connectivity index (χ2v) is 7.57. The molecule has 1 aromatic rings. The molecular formula is C13H22N2O3S2. The van der Waals surface area contributed by atoms with E-state index in [1.54, 1.807) is 17.8 Å². The average molecular weight is 318 g/mol. The average Bonchev–Trinajstić information content (AvgIpc) is 2.49. The topological polar surface area (TPSA) is 79.3 Å². The maximum Gasteiger partial charge on any atom is 0.258 e. The van der Waals surface area contributed by atoms with Crippen molar-refractivity contribution in [2.24, 2.45) is 0 Å².